The number of ether oxygens (including phenoxy) is 3. The highest BCUT2D eigenvalue weighted by molar-refractivity contribution is 8.77. The summed E-state index contributed by atoms with van der Waals surface area (Å²) in [5, 5.41) is 47.0. The Balaban J connectivity index is 0.806. The zero-order valence-electron chi connectivity index (χ0n) is 53.9. The van der Waals surface area contributed by atoms with Crippen LogP contribution in [0.3, 0.4) is 0 Å². The van der Waals surface area contributed by atoms with Crippen LogP contribution in [0.4, 0.5) is 10.5 Å². The van der Waals surface area contributed by atoms with Gasteiger partial charge >= 0.3 is 6.09 Å². The van der Waals surface area contributed by atoms with Gasteiger partial charge in [0.2, 0.25) is 17.7 Å². The first-order valence-electron chi connectivity index (χ1n) is 32.1. The number of likely N-dealkylation sites (N-methyl/N-ethyl adjacent to an activating group) is 1. The maximum absolute atomic E-state index is 15.1. The number of aromatic amines is 1. The lowest BCUT2D eigenvalue weighted by Gasteiger charge is -2.63. The number of H-pyrrole nitrogens is 1. The average molecular weight is 1370 g/mol. The molecule has 23 nitrogen and oxygen atoms in total. The summed E-state index contributed by atoms with van der Waals surface area (Å²) < 4.78 is 17.9. The molecule has 1 aliphatic carbocycles. The number of carbonyl (C=O) groups excluding carboxylic acids is 8. The number of fused-ring (bicyclic) bond motifs is 6. The van der Waals surface area contributed by atoms with E-state index in [0.29, 0.717) is 106 Å². The Kier molecular flexibility index (Phi) is 24.3. The SMILES string of the molecule is [CH][C@H](CC(=O)[C@H]([CH])NC(=O)[C@H]([CH])CC(=O)CCSSCC)C(=O)N[CH]CNC(=O)CCSSCCOC(=O)NNC(=O)[C@]1(O)[C@H](O)[C@]2(CC)C=CCN3CC[C@@]4(c5cc([C@@]6(COC=O)CC7CN(CCc8c6[nH]c6ccccc86)C[C@](O)(CC)C7)c(OC)cc5N(C)[C@@H]14)[C@@H]32. The van der Waals surface area contributed by atoms with E-state index in [4.69, 9.17) is 35.0 Å². The predicted octanol–water partition coefficient (Wildman–Crippen LogP) is 4.73. The van der Waals surface area contributed by atoms with Crippen LogP contribution in [0.5, 0.6) is 5.75 Å². The Morgan fingerprint density at radius 3 is 2.37 bits per heavy atom. The van der Waals surface area contributed by atoms with Crippen LogP contribution in [0.2, 0.25) is 0 Å². The maximum atomic E-state index is 15.1. The van der Waals surface area contributed by atoms with Gasteiger partial charge in [0.1, 0.15) is 30.9 Å². The molecule has 6 aliphatic rings. The predicted molar refractivity (Wildman–Crippen MR) is 363 cm³/mol. The second kappa shape index (κ2) is 31.3. The number of aromatic nitrogens is 1. The van der Waals surface area contributed by atoms with E-state index in [9.17, 15) is 48.9 Å². The van der Waals surface area contributed by atoms with Crippen LogP contribution in [0.25, 0.3) is 10.9 Å². The molecule has 5 aliphatic heterocycles. The number of carbonyl (C=O) groups is 8. The second-order valence-electron chi connectivity index (χ2n) is 25.4. The number of methoxy groups -OCH3 is 1. The van der Waals surface area contributed by atoms with Crippen LogP contribution in [-0.2, 0) is 60.3 Å². The molecule has 2 unspecified atom stereocenters. The molecular weight excluding hydrogens is 1280 g/mol. The fourth-order valence-corrected chi connectivity index (χ4v) is 19.3. The number of hydrazine groups is 1. The minimum absolute atomic E-state index is 0.0555. The first-order valence-corrected chi connectivity index (χ1v) is 37.1. The van der Waals surface area contributed by atoms with E-state index >= 15 is 4.79 Å². The molecule has 509 valence electrons. The van der Waals surface area contributed by atoms with E-state index in [1.54, 1.807) is 35.7 Å². The normalized spacial score (nSPS) is 28.3. The number of aliphatic hydroxyl groups is 3. The Labute approximate surface area is 566 Å². The number of nitrogens with one attached hydrogen (secondary N) is 6. The van der Waals surface area contributed by atoms with Gasteiger partial charge in [-0.3, -0.25) is 48.8 Å². The molecule has 94 heavy (non-hydrogen) atoms. The second-order valence-corrected chi connectivity index (χ2v) is 31.0. The number of nitrogens with zero attached hydrogens (tertiary/aromatic N) is 3. The number of para-hydroxylation sites is 1. The van der Waals surface area contributed by atoms with Crippen LogP contribution in [0, 0.1) is 50.5 Å². The van der Waals surface area contributed by atoms with E-state index in [2.05, 4.69) is 53.7 Å². The zero-order chi connectivity index (χ0) is 67.8. The summed E-state index contributed by atoms with van der Waals surface area (Å²) in [7, 11) is 9.24. The number of benzene rings is 2. The lowest BCUT2D eigenvalue weighted by molar-refractivity contribution is -0.204. The van der Waals surface area contributed by atoms with Gasteiger partial charge in [0.25, 0.3) is 12.4 Å². The highest BCUT2D eigenvalue weighted by Crippen LogP contribution is 2.67. The number of piperidine rings is 1. The van der Waals surface area contributed by atoms with Gasteiger partial charge in [-0.2, -0.15) is 0 Å². The fourth-order valence-electron chi connectivity index (χ4n) is 15.8. The van der Waals surface area contributed by atoms with Gasteiger partial charge in [-0.25, -0.2) is 10.2 Å². The van der Waals surface area contributed by atoms with Gasteiger partial charge < -0.3 is 55.4 Å². The standard InChI is InChI=1S/C67H88N9O14S4/c1-9-63(86)35-44-36-65(39-89-40-77,55-47(17-25-75(37-44)38-63)46-15-12-13-16-50(46)71-55)49-33-48-51(34-53(49)88-8)74(7)59-66(48)21-26-76-24-14-20-64(10-2,58(66)76)60(83)67(59,87)61(84)72-73-62(85)90-27-30-94-93-29-19-54(80)68-22-23-69-56(81)42(5)32-52(79)43(6)70-57(82)41(4)31-45(78)18-28-92-91-11-3/h4-6,12-16,20,23,33-34,40-44,58-60,71,83,86-87H,9-11,17-19,21-22,24-32,35-39H2,1-3,7-8H3,(H,68,80)(H,69,81)(H,70,82)(H,72,84)(H,73,85)/t41-,42-,43+,44?,58+,59-,60-,63+,64-,65+,66-,67-/m1/s1. The summed E-state index contributed by atoms with van der Waals surface area (Å²) in [5.74, 6) is -3.76. The Morgan fingerprint density at radius 1 is 0.883 bits per heavy atom. The Hall–Kier alpha value is -5.52. The topological polar surface area (TPSA) is 311 Å². The fraction of sp³-hybridized carbons (Fsp3) is 0.582. The molecule has 5 amide bonds. The van der Waals surface area contributed by atoms with Crippen molar-refractivity contribution in [2.45, 2.75) is 131 Å². The highest BCUT2D eigenvalue weighted by atomic mass is 33.1. The maximum Gasteiger partial charge on any atom is 0.426 e. The lowest BCUT2D eigenvalue weighted by Crippen LogP contribution is -2.82. The molecule has 1 saturated carbocycles. The van der Waals surface area contributed by atoms with Crippen molar-refractivity contribution >= 4 is 108 Å². The van der Waals surface area contributed by atoms with Crippen LogP contribution in [0.1, 0.15) is 101 Å². The third-order valence-electron chi connectivity index (χ3n) is 19.9. The molecule has 2 saturated heterocycles. The van der Waals surface area contributed by atoms with E-state index < -0.39 is 99.5 Å². The molecule has 9 rings (SSSR count). The van der Waals surface area contributed by atoms with Crippen molar-refractivity contribution < 1.29 is 67.9 Å². The average Bonchev–Trinajstić information content (AvgIpc) is 1.45. The summed E-state index contributed by atoms with van der Waals surface area (Å²) >= 11 is 0. The van der Waals surface area contributed by atoms with Gasteiger partial charge in [-0.05, 0) is 95.0 Å². The summed E-state index contributed by atoms with van der Waals surface area (Å²) in [5.41, 5.74) is 3.08. The molecule has 2 aromatic carbocycles. The van der Waals surface area contributed by atoms with E-state index in [1.165, 1.54) is 28.1 Å². The molecule has 9 N–H and O–H groups in total. The number of hydrogen-bond acceptors (Lipinski definition) is 21. The zero-order valence-corrected chi connectivity index (χ0v) is 57.2. The largest absolute Gasteiger partial charge is 0.496 e. The minimum Gasteiger partial charge on any atom is -0.496 e. The molecule has 1 aromatic heterocycles. The monoisotopic (exact) mass is 1370 g/mol. The van der Waals surface area contributed by atoms with Crippen molar-refractivity contribution in [3.63, 3.8) is 0 Å². The molecule has 27 heteroatoms. The summed E-state index contributed by atoms with van der Waals surface area (Å²) in [6, 6.07) is 9.21. The molecule has 3 fully saturated rings. The van der Waals surface area contributed by atoms with Gasteiger partial charge in [-0.15, -0.1) is 0 Å². The Morgan fingerprint density at radius 2 is 1.63 bits per heavy atom. The van der Waals surface area contributed by atoms with E-state index in [1.807, 2.05) is 62.1 Å². The molecule has 6 heterocycles. The first kappa shape index (κ1) is 72.7. The number of amides is 5. The molecule has 13 atom stereocenters. The highest BCUT2D eigenvalue weighted by Gasteiger charge is 2.79. The third kappa shape index (κ3) is 14.7. The van der Waals surface area contributed by atoms with Gasteiger partial charge in [0, 0.05) is 151 Å². The molecular formula is C67H88N9O14S4. The quantitative estimate of drug-likeness (QED) is 0.0138. The van der Waals surface area contributed by atoms with Crippen LogP contribution >= 0.6 is 43.2 Å². The number of hydrogen-bond donors (Lipinski definition) is 9. The van der Waals surface area contributed by atoms with Crippen LogP contribution in [0.15, 0.2) is 48.6 Å². The van der Waals surface area contributed by atoms with Crippen molar-refractivity contribution in [3.05, 3.63) is 98.3 Å². The van der Waals surface area contributed by atoms with Gasteiger partial charge in [-0.1, -0.05) is 94.3 Å². The number of rotatable bonds is 31. The molecule has 1 spiro atoms. The minimum atomic E-state index is -2.57. The summed E-state index contributed by atoms with van der Waals surface area (Å²) in [6.45, 7) is 28.1. The van der Waals surface area contributed by atoms with Gasteiger partial charge in [0.15, 0.2) is 11.4 Å². The first-order chi connectivity index (χ1) is 45.0. The molecule has 3 aromatic rings. The van der Waals surface area contributed by atoms with Crippen molar-refractivity contribution in [2.75, 3.05) is 94.6 Å². The number of Topliss-reactive ketones (excluding diaryl/α,β-unsaturated/α-hetero) is 2. The van der Waals surface area contributed by atoms with E-state index in [-0.39, 0.29) is 56.6 Å². The number of aliphatic hydroxyl groups excluding tert-OH is 1. The molecule has 7 radical (unpaired) electrons. The summed E-state index contributed by atoms with van der Waals surface area (Å²) in [6.07, 6.45) is 3.89. The molecule has 2 bridgehead atoms. The van der Waals surface area contributed by atoms with Crippen LogP contribution < -0.4 is 36.4 Å². The third-order valence-corrected chi connectivity index (χ3v) is 24.7. The van der Waals surface area contributed by atoms with Crippen molar-refractivity contribution in [1.82, 2.24) is 41.6 Å². The smallest absolute Gasteiger partial charge is 0.426 e. The Bertz CT molecular complexity index is 3310. The van der Waals surface area contributed by atoms with Crippen LogP contribution in [-0.4, -0.2) is 203 Å². The lowest BCUT2D eigenvalue weighted by atomic mass is 9.47. The summed E-state index contributed by atoms with van der Waals surface area (Å²) in [4.78, 5) is 114. The van der Waals surface area contributed by atoms with E-state index in [0.717, 1.165) is 39.0 Å². The van der Waals surface area contributed by atoms with Crippen molar-refractivity contribution in [3.8, 4) is 5.75 Å². The number of anilines is 1. The number of ketones is 2. The van der Waals surface area contributed by atoms with Crippen molar-refractivity contribution in [1.29, 1.82) is 0 Å². The van der Waals surface area contributed by atoms with Crippen molar-refractivity contribution in [2.24, 2.45) is 23.2 Å². The van der Waals surface area contributed by atoms with Gasteiger partial charge in [0.05, 0.1) is 36.8 Å².